The summed E-state index contributed by atoms with van der Waals surface area (Å²) in [5, 5.41) is 10.0. The maximum Gasteiger partial charge on any atom is 0.412 e. The number of anilines is 1. The number of aromatic nitrogens is 2. The van der Waals surface area contributed by atoms with Crippen LogP contribution in [0.5, 0.6) is 5.88 Å². The Morgan fingerprint density at radius 2 is 2.08 bits per heavy atom. The van der Waals surface area contributed by atoms with E-state index in [0.717, 1.165) is 23.3 Å². The molecule has 200 valence electrons. The van der Waals surface area contributed by atoms with Gasteiger partial charge >= 0.3 is 12.7 Å². The number of amides is 2. The Kier molecular flexibility index (Phi) is 7.93. The summed E-state index contributed by atoms with van der Waals surface area (Å²) in [5.74, 6) is 0.295. The molecule has 1 saturated carbocycles. The van der Waals surface area contributed by atoms with Gasteiger partial charge in [-0.3, -0.25) is 10.1 Å². The average molecular weight is 537 g/mol. The number of rotatable bonds is 8. The van der Waals surface area contributed by atoms with Crippen LogP contribution in [0.3, 0.4) is 0 Å². The molecular formula is C24H30F2N6O4S. The van der Waals surface area contributed by atoms with Crippen LogP contribution in [0.4, 0.5) is 24.4 Å². The quantitative estimate of drug-likeness (QED) is 0.464. The minimum absolute atomic E-state index is 0.194. The Labute approximate surface area is 217 Å². The van der Waals surface area contributed by atoms with E-state index in [9.17, 15) is 18.4 Å². The molecule has 2 aromatic heterocycles. The number of nitrogens with one attached hydrogen (secondary N) is 2. The molecule has 2 N–H and O–H groups in total. The van der Waals surface area contributed by atoms with E-state index in [0.29, 0.717) is 42.3 Å². The van der Waals surface area contributed by atoms with Crippen molar-refractivity contribution in [2.24, 2.45) is 23.0 Å². The number of fused-ring (bicyclic) bond motifs is 1. The van der Waals surface area contributed by atoms with Crippen molar-refractivity contribution in [2.45, 2.75) is 71.1 Å². The minimum Gasteiger partial charge on any atom is -0.444 e. The smallest absolute Gasteiger partial charge is 0.412 e. The summed E-state index contributed by atoms with van der Waals surface area (Å²) in [5.41, 5.74) is 0.623. The summed E-state index contributed by atoms with van der Waals surface area (Å²) in [6.45, 7) is 2.95. The Morgan fingerprint density at radius 1 is 1.32 bits per heavy atom. The first-order valence-electron chi connectivity index (χ1n) is 12.1. The molecular weight excluding hydrogens is 506 g/mol. The number of hydrogen-bond acceptors (Lipinski definition) is 8. The highest BCUT2D eigenvalue weighted by molar-refractivity contribution is 7.17. The van der Waals surface area contributed by atoms with Gasteiger partial charge in [0.1, 0.15) is 10.6 Å². The highest BCUT2D eigenvalue weighted by atomic mass is 32.1. The summed E-state index contributed by atoms with van der Waals surface area (Å²) < 4.78 is 35.8. The predicted molar refractivity (Wildman–Crippen MR) is 134 cm³/mol. The summed E-state index contributed by atoms with van der Waals surface area (Å²) in [6, 6.07) is 3.70. The van der Waals surface area contributed by atoms with Crippen molar-refractivity contribution in [1.29, 1.82) is 0 Å². The molecule has 0 bridgehead atoms. The number of carbonyl (C=O) groups excluding carboxylic acids is 2. The lowest BCUT2D eigenvalue weighted by atomic mass is 9.91. The monoisotopic (exact) mass is 536 g/mol. The van der Waals surface area contributed by atoms with Crippen LogP contribution in [0.25, 0.3) is 0 Å². The van der Waals surface area contributed by atoms with Gasteiger partial charge in [0.05, 0.1) is 17.6 Å². The molecule has 2 aliphatic rings. The van der Waals surface area contributed by atoms with Gasteiger partial charge in [0, 0.05) is 24.5 Å². The number of halogens is 2. The molecule has 0 aromatic carbocycles. The zero-order valence-corrected chi connectivity index (χ0v) is 22.0. The molecule has 0 unspecified atom stereocenters. The van der Waals surface area contributed by atoms with Crippen molar-refractivity contribution >= 4 is 40.2 Å². The van der Waals surface area contributed by atoms with E-state index in [4.69, 9.17) is 4.74 Å². The normalized spacial score (nSPS) is 17.0. The molecule has 1 fully saturated rings. The standard InChI is InChI=1S/C24H30F2N6O4S/c1-24(2,3)36-23(34)30-21-19(20(33)27-11-13-5-6-13)15-9-14(7-8-16(15)37-21)28-12-29-17-10-18(31-32(17)4)35-22(25)26/h10,13-14,22H,5-9,11H2,1-4H3,(H,27,33)(H,30,34)/t14-/m0/s1. The van der Waals surface area contributed by atoms with Crippen molar-refractivity contribution in [3.05, 3.63) is 22.1 Å². The molecule has 0 spiro atoms. The molecule has 2 aromatic rings. The largest absolute Gasteiger partial charge is 0.444 e. The van der Waals surface area contributed by atoms with Crippen LogP contribution in [0.15, 0.2) is 16.1 Å². The number of aryl methyl sites for hydroxylation is 2. The zero-order valence-electron chi connectivity index (χ0n) is 21.1. The third kappa shape index (κ3) is 7.36. The zero-order chi connectivity index (χ0) is 26.7. The maximum absolute atomic E-state index is 13.2. The second-order valence-corrected chi connectivity index (χ2v) is 11.2. The van der Waals surface area contributed by atoms with E-state index in [-0.39, 0.29) is 23.6 Å². The first-order valence-corrected chi connectivity index (χ1v) is 12.9. The Balaban J connectivity index is 1.52. The van der Waals surface area contributed by atoms with E-state index in [1.54, 1.807) is 27.8 Å². The lowest BCUT2D eigenvalue weighted by Crippen LogP contribution is -2.30. The van der Waals surface area contributed by atoms with Crippen LogP contribution in [0.1, 0.15) is 60.8 Å². The number of aliphatic imine (C=N–C) groups is 2. The molecule has 4 rings (SSSR count). The van der Waals surface area contributed by atoms with Crippen LogP contribution < -0.4 is 15.4 Å². The Morgan fingerprint density at radius 3 is 2.76 bits per heavy atom. The van der Waals surface area contributed by atoms with Crippen molar-refractivity contribution in [3.63, 3.8) is 0 Å². The van der Waals surface area contributed by atoms with Crippen LogP contribution in [0, 0.1) is 5.92 Å². The molecule has 1 atom stereocenters. The van der Waals surface area contributed by atoms with Crippen LogP contribution in [-0.4, -0.2) is 52.6 Å². The number of alkyl halides is 2. The molecule has 0 aliphatic heterocycles. The van der Waals surface area contributed by atoms with Gasteiger partial charge in [0.2, 0.25) is 5.88 Å². The summed E-state index contributed by atoms with van der Waals surface area (Å²) in [6.07, 6.45) is 3.45. The Bertz CT molecular complexity index is 1220. The topological polar surface area (TPSA) is 119 Å². The van der Waals surface area contributed by atoms with Crippen molar-refractivity contribution in [1.82, 2.24) is 15.1 Å². The summed E-state index contributed by atoms with van der Waals surface area (Å²) in [4.78, 5) is 35.2. The van der Waals surface area contributed by atoms with Gasteiger partial charge in [-0.05, 0) is 64.4 Å². The maximum atomic E-state index is 13.2. The van der Waals surface area contributed by atoms with Gasteiger partial charge in [0.25, 0.3) is 5.91 Å². The molecule has 0 saturated heterocycles. The lowest BCUT2D eigenvalue weighted by Gasteiger charge is -2.20. The van der Waals surface area contributed by atoms with Gasteiger partial charge in [-0.25, -0.2) is 14.5 Å². The summed E-state index contributed by atoms with van der Waals surface area (Å²) >= 11 is 1.38. The predicted octanol–water partition coefficient (Wildman–Crippen LogP) is 4.93. The van der Waals surface area contributed by atoms with E-state index < -0.39 is 18.3 Å². The fourth-order valence-corrected chi connectivity index (χ4v) is 5.12. The first-order chi connectivity index (χ1) is 17.5. The van der Waals surface area contributed by atoms with Crippen molar-refractivity contribution < 1.29 is 27.8 Å². The second kappa shape index (κ2) is 11.0. The SMILES string of the molecule is Cn1nc(OC(F)F)cc1N=C=N[C@H]1CCc2sc(NC(=O)OC(C)(C)C)c(C(=O)NCC3CC3)c2C1. The van der Waals surface area contributed by atoms with Gasteiger partial charge in [-0.2, -0.15) is 13.8 Å². The highest BCUT2D eigenvalue weighted by Crippen LogP contribution is 2.39. The third-order valence-corrected chi connectivity index (χ3v) is 6.98. The molecule has 2 amide bonds. The number of carbonyl (C=O) groups is 2. The fourth-order valence-electron chi connectivity index (χ4n) is 3.89. The molecule has 10 nitrogen and oxygen atoms in total. The van der Waals surface area contributed by atoms with E-state index in [1.807, 2.05) is 0 Å². The molecule has 37 heavy (non-hydrogen) atoms. The first kappa shape index (κ1) is 26.7. The molecule has 13 heteroatoms. The molecule has 0 radical (unpaired) electrons. The van der Waals surface area contributed by atoms with E-state index >= 15 is 0 Å². The minimum atomic E-state index is -2.98. The number of thiophene rings is 1. The molecule has 2 aliphatic carbocycles. The Hall–Kier alpha value is -3.31. The third-order valence-electron chi connectivity index (χ3n) is 5.77. The second-order valence-electron chi connectivity index (χ2n) is 10.1. The van der Waals surface area contributed by atoms with Gasteiger partial charge in [0.15, 0.2) is 5.82 Å². The summed E-state index contributed by atoms with van der Waals surface area (Å²) in [7, 11) is 1.54. The highest BCUT2D eigenvalue weighted by Gasteiger charge is 2.31. The fraction of sp³-hybridized carbons (Fsp3) is 0.583. The lowest BCUT2D eigenvalue weighted by molar-refractivity contribution is -0.0531. The molecule has 2 heterocycles. The van der Waals surface area contributed by atoms with Gasteiger partial charge < -0.3 is 14.8 Å². The van der Waals surface area contributed by atoms with Crippen LogP contribution >= 0.6 is 11.3 Å². The van der Waals surface area contributed by atoms with Crippen molar-refractivity contribution in [2.75, 3.05) is 11.9 Å². The van der Waals surface area contributed by atoms with Gasteiger partial charge in [-0.1, -0.05) is 0 Å². The average Bonchev–Trinajstić information content (AvgIpc) is 3.46. The number of hydrogen-bond donors (Lipinski definition) is 2. The van der Waals surface area contributed by atoms with Crippen molar-refractivity contribution in [3.8, 4) is 5.88 Å². The number of ether oxygens (including phenoxy) is 2. The van der Waals surface area contributed by atoms with Crippen LogP contribution in [-0.2, 0) is 24.6 Å². The van der Waals surface area contributed by atoms with Gasteiger partial charge in [-0.15, -0.1) is 16.4 Å². The van der Waals surface area contributed by atoms with E-state index in [1.165, 1.54) is 22.1 Å². The van der Waals surface area contributed by atoms with Crippen LogP contribution in [0.2, 0.25) is 0 Å². The number of nitrogens with zero attached hydrogens (tertiary/aromatic N) is 4. The van der Waals surface area contributed by atoms with E-state index in [2.05, 4.69) is 36.5 Å².